The zero-order chi connectivity index (χ0) is 76.0. The van der Waals surface area contributed by atoms with Gasteiger partial charge in [-0.15, -0.1) is 0 Å². The summed E-state index contributed by atoms with van der Waals surface area (Å²) in [6, 6.07) is 53.0. The Kier molecular flexibility index (Phi) is 34.6. The minimum Gasteiger partial charge on any atom is -0.486 e. The number of hydrogen-bond acceptors (Lipinski definition) is 13. The number of carbonyl (C=O) groups is 2. The lowest BCUT2D eigenvalue weighted by Gasteiger charge is -2.20. The van der Waals surface area contributed by atoms with Crippen LogP contribution in [0.15, 0.2) is 189 Å². The Hall–Kier alpha value is -8.43. The van der Waals surface area contributed by atoms with Crippen molar-refractivity contribution >= 4 is 71.6 Å². The second-order valence-corrected chi connectivity index (χ2v) is 30.8. The van der Waals surface area contributed by atoms with Crippen molar-refractivity contribution in [2.24, 2.45) is 0 Å². The van der Waals surface area contributed by atoms with Gasteiger partial charge >= 0.3 is 0 Å². The molecule has 0 atom stereocenters. The fourth-order valence-electron chi connectivity index (χ4n) is 9.09. The molecule has 0 spiro atoms. The van der Waals surface area contributed by atoms with Gasteiger partial charge in [0.1, 0.15) is 75.4 Å². The van der Waals surface area contributed by atoms with Crippen LogP contribution in [0.4, 0.5) is 0 Å². The van der Waals surface area contributed by atoms with Crippen LogP contribution in [0.2, 0.25) is 25.1 Å². The molecule has 13 nitrogen and oxygen atoms in total. The van der Waals surface area contributed by atoms with Crippen LogP contribution < -0.4 is 23.7 Å². The van der Waals surface area contributed by atoms with Gasteiger partial charge < -0.3 is 33.3 Å². The molecule has 0 saturated carbocycles. The lowest BCUT2D eigenvalue weighted by molar-refractivity contribution is -0.0987. The first-order chi connectivity index (χ1) is 48.0. The molecule has 0 N–H and O–H groups in total. The van der Waals surface area contributed by atoms with Crippen LogP contribution >= 0.6 is 58.0 Å². The molecular formula is C84H99Cl5N6O7. The Labute approximate surface area is 631 Å². The first kappa shape index (κ1) is 86.0. The largest absolute Gasteiger partial charge is 0.486 e. The van der Waals surface area contributed by atoms with E-state index in [2.05, 4.69) is 158 Å². The normalized spacial score (nSPS) is 11.0. The van der Waals surface area contributed by atoms with E-state index in [-0.39, 0.29) is 27.1 Å². The molecule has 10 aromatic rings. The van der Waals surface area contributed by atoms with Gasteiger partial charge in [-0.1, -0.05) is 216 Å². The number of pyridine rings is 4. The van der Waals surface area contributed by atoms with E-state index in [1.54, 1.807) is 24.8 Å². The van der Waals surface area contributed by atoms with E-state index in [4.69, 9.17) is 91.3 Å². The Bertz CT molecular complexity index is 3820. The molecule has 0 bridgehead atoms. The van der Waals surface area contributed by atoms with E-state index in [1.807, 2.05) is 174 Å². The van der Waals surface area contributed by atoms with Crippen LogP contribution in [-0.2, 0) is 69.7 Å². The summed E-state index contributed by atoms with van der Waals surface area (Å²) in [5.41, 5.74) is 13.6. The smallest absolute Gasteiger partial charge is 0.138 e. The summed E-state index contributed by atoms with van der Waals surface area (Å²) in [5.74, 6) is 3.45. The van der Waals surface area contributed by atoms with Gasteiger partial charge in [0.25, 0.3) is 0 Å². The Morgan fingerprint density at radius 3 is 0.765 bits per heavy atom. The fourth-order valence-corrected chi connectivity index (χ4v) is 10.3. The van der Waals surface area contributed by atoms with Gasteiger partial charge in [0.2, 0.25) is 0 Å². The third-order valence-corrected chi connectivity index (χ3v) is 16.5. The standard InChI is InChI=1S/2C17H20ClNO.C16H19ClN2O.2C16H18ClNO.2CH2O/c2*1-12-6-5-7-14(19-12)11-20-16-9-8-13(10-15(16)18)17(2,3)4;1-11-8-18-9-13(19-11)10-20-15-6-5-12(7-14(15)17)16(2,3)4;2*1-16(2,3)12-7-8-15(14(17)10-12)19-11-13-6-4-5-9-18-13;2*1-2/h2*5-10H,11H2,1-4H3;5-9H,10H2,1-4H3;2*4-10H,11H2,1-3H3;2*1H2. The topological polar surface area (TPSA) is 158 Å². The number of nitrogens with zero attached hydrogens (tertiary/aromatic N) is 6. The first-order valence-electron chi connectivity index (χ1n) is 33.2. The number of hydrogen-bond donors (Lipinski definition) is 0. The highest BCUT2D eigenvalue weighted by Crippen LogP contribution is 2.37. The van der Waals surface area contributed by atoms with Crippen LogP contribution in [0.25, 0.3) is 0 Å². The molecule has 0 amide bonds. The number of ether oxygens (including phenoxy) is 5. The van der Waals surface area contributed by atoms with Gasteiger partial charge in [-0.2, -0.15) is 0 Å². The molecule has 542 valence electrons. The zero-order valence-electron chi connectivity index (χ0n) is 62.3. The molecule has 0 radical (unpaired) electrons. The molecule has 5 heterocycles. The maximum Gasteiger partial charge on any atom is 0.138 e. The van der Waals surface area contributed by atoms with E-state index >= 15 is 0 Å². The van der Waals surface area contributed by atoms with Crippen molar-refractivity contribution in [1.82, 2.24) is 29.9 Å². The van der Waals surface area contributed by atoms with Gasteiger partial charge in [-0.05, 0) is 185 Å². The molecule has 0 aliphatic carbocycles. The quantitative estimate of drug-likeness (QED) is 0.0956. The van der Waals surface area contributed by atoms with Crippen LogP contribution in [-0.4, -0.2) is 43.5 Å². The minimum atomic E-state index is 0.0736. The molecule has 0 aliphatic heterocycles. The molecule has 10 rings (SSSR count). The average molecular weight is 1480 g/mol. The van der Waals surface area contributed by atoms with E-state index < -0.39 is 0 Å². The van der Waals surface area contributed by atoms with E-state index in [0.29, 0.717) is 86.9 Å². The summed E-state index contributed by atoms with van der Waals surface area (Å²) in [5, 5.41) is 3.19. The lowest BCUT2D eigenvalue weighted by Crippen LogP contribution is -2.11. The Balaban J connectivity index is 0.000000267. The summed E-state index contributed by atoms with van der Waals surface area (Å²) in [4.78, 5) is 41.7. The zero-order valence-corrected chi connectivity index (χ0v) is 66.1. The van der Waals surface area contributed by atoms with Crippen LogP contribution in [0.5, 0.6) is 28.7 Å². The van der Waals surface area contributed by atoms with Gasteiger partial charge in [-0.3, -0.25) is 29.9 Å². The predicted octanol–water partition coefficient (Wildman–Crippen LogP) is 23.0. The molecule has 0 fully saturated rings. The molecule has 0 unspecified atom stereocenters. The second kappa shape index (κ2) is 41.0. The molecule has 0 saturated heterocycles. The van der Waals surface area contributed by atoms with Crippen LogP contribution in [0, 0.1) is 20.8 Å². The molecule has 0 aliphatic rings. The maximum absolute atomic E-state index is 8.00. The van der Waals surface area contributed by atoms with Crippen molar-refractivity contribution < 1.29 is 33.3 Å². The third kappa shape index (κ3) is 30.3. The van der Waals surface area contributed by atoms with E-state index in [9.17, 15) is 0 Å². The average Bonchev–Trinajstić information content (AvgIpc) is 0.855. The molecule has 5 aromatic heterocycles. The number of aryl methyl sites for hydroxylation is 3. The molecule has 18 heteroatoms. The monoisotopic (exact) mass is 1480 g/mol. The third-order valence-electron chi connectivity index (χ3n) is 15.0. The number of halogens is 5. The number of aromatic nitrogens is 6. The lowest BCUT2D eigenvalue weighted by atomic mass is 9.87. The molecular weight excluding hydrogens is 1380 g/mol. The highest BCUT2D eigenvalue weighted by Gasteiger charge is 2.20. The van der Waals surface area contributed by atoms with Crippen molar-refractivity contribution in [3.8, 4) is 28.7 Å². The first-order valence-corrected chi connectivity index (χ1v) is 35.0. The van der Waals surface area contributed by atoms with Crippen molar-refractivity contribution in [1.29, 1.82) is 0 Å². The van der Waals surface area contributed by atoms with Gasteiger partial charge in [0, 0.05) is 30.0 Å². The highest BCUT2D eigenvalue weighted by atomic mass is 35.5. The maximum atomic E-state index is 8.00. The number of benzene rings is 5. The predicted molar refractivity (Wildman–Crippen MR) is 420 cm³/mol. The summed E-state index contributed by atoms with van der Waals surface area (Å²) >= 11 is 31.4. The minimum absolute atomic E-state index is 0.0736. The van der Waals surface area contributed by atoms with Gasteiger partial charge in [-0.25, -0.2) is 0 Å². The van der Waals surface area contributed by atoms with Crippen LogP contribution in [0.3, 0.4) is 0 Å². The summed E-state index contributed by atoms with van der Waals surface area (Å²) in [7, 11) is 0. The van der Waals surface area contributed by atoms with Crippen molar-refractivity contribution in [3.05, 3.63) is 287 Å². The Morgan fingerprint density at radius 2 is 0.539 bits per heavy atom. The van der Waals surface area contributed by atoms with Gasteiger partial charge in [0.05, 0.1) is 65.5 Å². The Morgan fingerprint density at radius 1 is 0.294 bits per heavy atom. The molecule has 102 heavy (non-hydrogen) atoms. The van der Waals surface area contributed by atoms with E-state index in [0.717, 1.165) is 45.6 Å². The van der Waals surface area contributed by atoms with E-state index in [1.165, 1.54) is 27.8 Å². The van der Waals surface area contributed by atoms with Crippen molar-refractivity contribution in [2.45, 2.75) is 185 Å². The summed E-state index contributed by atoms with van der Waals surface area (Å²) in [6.07, 6.45) is 6.92. The highest BCUT2D eigenvalue weighted by molar-refractivity contribution is 6.33. The van der Waals surface area contributed by atoms with Crippen molar-refractivity contribution in [3.63, 3.8) is 0 Å². The number of carbonyl (C=O) groups excluding carboxylic acids is 2. The van der Waals surface area contributed by atoms with Crippen molar-refractivity contribution in [2.75, 3.05) is 0 Å². The number of rotatable bonds is 15. The second-order valence-electron chi connectivity index (χ2n) is 28.8. The van der Waals surface area contributed by atoms with Crippen LogP contribution in [0.1, 0.15) is 177 Å². The summed E-state index contributed by atoms with van der Waals surface area (Å²) in [6.45, 7) is 44.3. The fraction of sp³-hybridized carbons (Fsp3) is 0.333. The SMILES string of the molecule is C=O.C=O.CC(C)(C)c1ccc(OCc2ccccn2)c(Cl)c1.CC(C)(C)c1ccc(OCc2ccccn2)c(Cl)c1.Cc1cccc(COc2ccc(C(C)(C)C)cc2Cl)n1.Cc1cccc(COc2ccc(C(C)(C)C)cc2Cl)n1.Cc1cncc(COc2ccc(C(C)(C)C)cc2Cl)n1. The van der Waals surface area contributed by atoms with Gasteiger partial charge in [0.15, 0.2) is 0 Å². The summed E-state index contributed by atoms with van der Waals surface area (Å²) < 4.78 is 28.6. The molecule has 5 aromatic carbocycles.